The molecule has 5 nitrogen and oxygen atoms in total. The van der Waals surface area contributed by atoms with Crippen LogP contribution in [0.3, 0.4) is 0 Å². The lowest BCUT2D eigenvalue weighted by atomic mass is 10.1. The zero-order chi connectivity index (χ0) is 21.0. The van der Waals surface area contributed by atoms with Gasteiger partial charge >= 0.3 is 0 Å². The first-order valence-electron chi connectivity index (χ1n) is 10.1. The molecule has 1 saturated carbocycles. The quantitative estimate of drug-likeness (QED) is 0.496. The lowest BCUT2D eigenvalue weighted by molar-refractivity contribution is 0.605. The topological polar surface area (TPSA) is 71.4 Å². The largest absolute Gasteiger partial charge is 0.331 e. The maximum Gasteiger partial charge on any atom is 0.190 e. The molecule has 0 bridgehead atoms. The number of hydrogen-bond acceptors (Lipinski definition) is 5. The molecule has 1 fully saturated rings. The second-order valence-corrected chi connectivity index (χ2v) is 10.7. The minimum absolute atomic E-state index is 0.205. The molecule has 0 radical (unpaired) electrons. The molecule has 1 aliphatic carbocycles. The van der Waals surface area contributed by atoms with Crippen molar-refractivity contribution in [3.8, 4) is 0 Å². The molecular weight excluding hydrogens is 402 g/mol. The number of para-hydroxylation sites is 1. The molecule has 156 valence electrons. The van der Waals surface area contributed by atoms with Gasteiger partial charge in [0.05, 0.1) is 21.8 Å². The van der Waals surface area contributed by atoms with Gasteiger partial charge in [0.25, 0.3) is 0 Å². The molecule has 0 amide bonds. The summed E-state index contributed by atoms with van der Waals surface area (Å²) in [6.07, 6.45) is 7.96. The van der Waals surface area contributed by atoms with Crippen LogP contribution in [0.1, 0.15) is 57.9 Å². The first-order chi connectivity index (χ1) is 13.8. The van der Waals surface area contributed by atoms with Crippen LogP contribution in [-0.2, 0) is 9.84 Å². The van der Waals surface area contributed by atoms with E-state index in [4.69, 9.17) is 9.98 Å². The van der Waals surface area contributed by atoms with Crippen molar-refractivity contribution in [2.24, 2.45) is 4.99 Å². The Morgan fingerprint density at radius 1 is 1.28 bits per heavy atom. The van der Waals surface area contributed by atoms with E-state index in [1.165, 1.54) is 6.26 Å². The molecule has 2 aromatic rings. The molecule has 0 saturated heterocycles. The number of fused-ring (bicyclic) bond motifs is 1. The fraction of sp³-hybridized carbons (Fsp3) is 0.455. The molecule has 0 spiro atoms. The molecule has 0 atom stereocenters. The molecule has 3 rings (SSSR count). The first kappa shape index (κ1) is 21.7. The van der Waals surface area contributed by atoms with Crippen LogP contribution < -0.4 is 5.32 Å². The number of hydrogen-bond donors (Lipinski definition) is 1. The molecule has 1 aromatic heterocycles. The number of amidine groups is 1. The van der Waals surface area contributed by atoms with Crippen LogP contribution in [0.25, 0.3) is 15.8 Å². The number of aliphatic imine (C=N–C) groups is 1. The van der Waals surface area contributed by atoms with Crippen LogP contribution in [0.15, 0.2) is 45.9 Å². The SMILES string of the molecule is CC/C=C(/NC(=NC1CCCC1)C(=C(C)C)c1nc2ccccc2s1)S(C)(=O)=O. The maximum absolute atomic E-state index is 12.3. The molecule has 0 aliphatic heterocycles. The van der Waals surface area contributed by atoms with E-state index in [0.717, 1.165) is 52.1 Å². The van der Waals surface area contributed by atoms with Crippen molar-refractivity contribution in [1.29, 1.82) is 0 Å². The molecule has 1 aromatic carbocycles. The van der Waals surface area contributed by atoms with Crippen molar-refractivity contribution in [2.75, 3.05) is 6.26 Å². The van der Waals surface area contributed by atoms with Crippen LogP contribution in [-0.4, -0.2) is 31.5 Å². The maximum atomic E-state index is 12.3. The van der Waals surface area contributed by atoms with E-state index in [9.17, 15) is 8.42 Å². The Labute approximate surface area is 177 Å². The highest BCUT2D eigenvalue weighted by Gasteiger charge is 2.23. The standard InChI is InChI=1S/C22H29N3O2S2/c1-5-10-19(29(4,26)27)25-21(23-16-11-6-7-12-16)20(15(2)3)22-24-17-13-8-9-14-18(17)28-22/h8-10,13-14,16H,5-7,11-12H2,1-4H3,(H,23,25)/b19-10-. The van der Waals surface area contributed by atoms with E-state index in [1.54, 1.807) is 17.4 Å². The average Bonchev–Trinajstić information content (AvgIpc) is 3.29. The summed E-state index contributed by atoms with van der Waals surface area (Å²) in [5.41, 5.74) is 2.89. The number of thiazole rings is 1. The highest BCUT2D eigenvalue weighted by atomic mass is 32.2. The van der Waals surface area contributed by atoms with Crippen molar-refractivity contribution in [3.05, 3.63) is 46.0 Å². The smallest absolute Gasteiger partial charge is 0.190 e. The Bertz CT molecular complexity index is 1040. The van der Waals surface area contributed by atoms with Crippen molar-refractivity contribution < 1.29 is 8.42 Å². The lowest BCUT2D eigenvalue weighted by Crippen LogP contribution is -2.30. The normalized spacial score (nSPS) is 16.4. The highest BCUT2D eigenvalue weighted by Crippen LogP contribution is 2.31. The Morgan fingerprint density at radius 2 is 1.97 bits per heavy atom. The Balaban J connectivity index is 2.11. The molecule has 29 heavy (non-hydrogen) atoms. The fourth-order valence-electron chi connectivity index (χ4n) is 3.50. The summed E-state index contributed by atoms with van der Waals surface area (Å²) >= 11 is 1.61. The summed E-state index contributed by atoms with van der Waals surface area (Å²) in [4.78, 5) is 9.80. The predicted molar refractivity (Wildman–Crippen MR) is 124 cm³/mol. The third-order valence-corrected chi connectivity index (χ3v) is 7.03. The van der Waals surface area contributed by atoms with Gasteiger partial charge in [0.1, 0.15) is 15.9 Å². The lowest BCUT2D eigenvalue weighted by Gasteiger charge is -2.17. The number of benzene rings is 1. The summed E-state index contributed by atoms with van der Waals surface area (Å²) in [7, 11) is -3.39. The highest BCUT2D eigenvalue weighted by molar-refractivity contribution is 7.94. The van der Waals surface area contributed by atoms with Gasteiger partial charge in [-0.15, -0.1) is 11.3 Å². The number of sulfone groups is 1. The Hall–Kier alpha value is -1.99. The van der Waals surface area contributed by atoms with Gasteiger partial charge in [0.15, 0.2) is 9.84 Å². The second kappa shape index (κ2) is 9.22. The van der Waals surface area contributed by atoms with Gasteiger partial charge in [-0.2, -0.15) is 0 Å². The second-order valence-electron chi connectivity index (χ2n) is 7.65. The summed E-state index contributed by atoms with van der Waals surface area (Å²) in [5.74, 6) is 0.612. The van der Waals surface area contributed by atoms with E-state index in [2.05, 4.69) is 11.4 Å². The van der Waals surface area contributed by atoms with Gasteiger partial charge in [-0.05, 0) is 51.3 Å². The zero-order valence-corrected chi connectivity index (χ0v) is 19.2. The van der Waals surface area contributed by atoms with Crippen molar-refractivity contribution in [1.82, 2.24) is 10.3 Å². The fourth-order valence-corrected chi connectivity index (χ4v) is 5.38. The van der Waals surface area contributed by atoms with Crippen molar-refractivity contribution in [2.45, 2.75) is 58.9 Å². The number of rotatable bonds is 6. The van der Waals surface area contributed by atoms with Gasteiger partial charge in [-0.25, -0.2) is 13.4 Å². The van der Waals surface area contributed by atoms with Crippen molar-refractivity contribution >= 4 is 42.8 Å². The van der Waals surface area contributed by atoms with Gasteiger partial charge in [-0.1, -0.05) is 37.5 Å². The third kappa shape index (κ3) is 5.34. The monoisotopic (exact) mass is 431 g/mol. The molecule has 0 unspecified atom stereocenters. The molecular formula is C22H29N3O2S2. The zero-order valence-electron chi connectivity index (χ0n) is 17.5. The molecule has 1 heterocycles. The molecule has 7 heteroatoms. The number of nitrogens with zero attached hydrogens (tertiary/aromatic N) is 2. The minimum Gasteiger partial charge on any atom is -0.331 e. The van der Waals surface area contributed by atoms with E-state index < -0.39 is 9.84 Å². The predicted octanol–water partition coefficient (Wildman–Crippen LogP) is 5.32. The van der Waals surface area contributed by atoms with Crippen LogP contribution in [0.2, 0.25) is 0 Å². The van der Waals surface area contributed by atoms with E-state index in [1.807, 2.05) is 39.0 Å². The van der Waals surface area contributed by atoms with Gasteiger partial charge < -0.3 is 5.32 Å². The van der Waals surface area contributed by atoms with Gasteiger partial charge in [-0.3, -0.25) is 4.99 Å². The summed E-state index contributed by atoms with van der Waals surface area (Å²) in [6.45, 7) is 5.98. The third-order valence-electron chi connectivity index (χ3n) is 4.91. The summed E-state index contributed by atoms with van der Waals surface area (Å²) < 4.78 is 25.8. The number of allylic oxidation sites excluding steroid dienone is 2. The van der Waals surface area contributed by atoms with E-state index >= 15 is 0 Å². The average molecular weight is 432 g/mol. The van der Waals surface area contributed by atoms with Crippen molar-refractivity contribution in [3.63, 3.8) is 0 Å². The van der Waals surface area contributed by atoms with Crippen LogP contribution >= 0.6 is 11.3 Å². The van der Waals surface area contributed by atoms with Crippen LogP contribution in [0, 0.1) is 0 Å². The number of aromatic nitrogens is 1. The van der Waals surface area contributed by atoms with E-state index in [-0.39, 0.29) is 11.1 Å². The van der Waals surface area contributed by atoms with Crippen LogP contribution in [0.5, 0.6) is 0 Å². The summed E-state index contributed by atoms with van der Waals surface area (Å²) in [5, 5.41) is 4.24. The molecule has 1 N–H and O–H groups in total. The van der Waals surface area contributed by atoms with E-state index in [0.29, 0.717) is 12.3 Å². The minimum atomic E-state index is -3.39. The van der Waals surface area contributed by atoms with Gasteiger partial charge in [0.2, 0.25) is 0 Å². The number of nitrogens with one attached hydrogen (secondary N) is 1. The van der Waals surface area contributed by atoms with Crippen LogP contribution in [0.4, 0.5) is 0 Å². The van der Waals surface area contributed by atoms with Gasteiger partial charge in [0, 0.05) is 6.26 Å². The Morgan fingerprint density at radius 3 is 2.55 bits per heavy atom. The Kier molecular flexibility index (Phi) is 6.90. The first-order valence-corrected chi connectivity index (χ1v) is 12.8. The summed E-state index contributed by atoms with van der Waals surface area (Å²) in [6, 6.07) is 8.25. The molecule has 1 aliphatic rings.